The molecule has 2 aromatic rings. The summed E-state index contributed by atoms with van der Waals surface area (Å²) < 4.78 is 0. The van der Waals surface area contributed by atoms with Gasteiger partial charge in [-0.1, -0.05) is 282 Å². The van der Waals surface area contributed by atoms with E-state index in [0.717, 1.165) is 0 Å². The van der Waals surface area contributed by atoms with Crippen molar-refractivity contribution in [3.63, 3.8) is 0 Å². The number of hydrogen-bond acceptors (Lipinski definition) is 0. The van der Waals surface area contributed by atoms with E-state index in [9.17, 15) is 0 Å². The van der Waals surface area contributed by atoms with E-state index in [-0.39, 0.29) is 0 Å². The maximum absolute atomic E-state index is 2.40. The molecule has 2 heteroatoms. The van der Waals surface area contributed by atoms with Crippen molar-refractivity contribution in [1.82, 2.24) is 0 Å². The highest BCUT2D eigenvalue weighted by Crippen LogP contribution is 2.61. The molecule has 0 amide bonds. The van der Waals surface area contributed by atoms with Crippen molar-refractivity contribution in [2.75, 3.05) is 24.6 Å². The van der Waals surface area contributed by atoms with Crippen molar-refractivity contribution in [2.24, 2.45) is 0 Å². The van der Waals surface area contributed by atoms with Gasteiger partial charge in [-0.2, -0.15) is 12.6 Å². The van der Waals surface area contributed by atoms with Crippen LogP contribution < -0.4 is 10.9 Å². The lowest BCUT2D eigenvalue weighted by atomic mass is 9.15. The van der Waals surface area contributed by atoms with Gasteiger partial charge in [-0.05, 0) is 51.4 Å². The largest absolute Gasteiger partial charge is 0.205 e. The van der Waals surface area contributed by atoms with Crippen LogP contribution in [0.4, 0.5) is 0 Å². The Morgan fingerprint density at radius 3 is 0.710 bits per heavy atom. The summed E-state index contributed by atoms with van der Waals surface area (Å²) in [5.41, 5.74) is 3.17. The van der Waals surface area contributed by atoms with Gasteiger partial charge in [-0.25, -0.2) is 10.9 Å². The second-order valence-corrected chi connectivity index (χ2v) is 25.0. The van der Waals surface area contributed by atoms with Gasteiger partial charge in [0.1, 0.15) is 0 Å². The summed E-state index contributed by atoms with van der Waals surface area (Å²) in [5.74, 6) is 0. The van der Waals surface area contributed by atoms with Crippen LogP contribution >= 0.6 is 7.26 Å². The van der Waals surface area contributed by atoms with Gasteiger partial charge in [-0.3, -0.25) is 0 Å². The van der Waals surface area contributed by atoms with Crippen LogP contribution in [0.2, 0.25) is 12.6 Å². The molecule has 0 aliphatic heterocycles. The standard InChI is InChI=1S/C32H68P.C28H44B/c1-5-9-13-17-21-25-29-33(30-26-22-18-14-10-6-2,31-27-23-19-15-11-7-3)32-28-24-20-16-12-8-4;1-3-5-7-9-11-19-25-29(27-21-15-13-16-22-27,28-23-17-14-18-24-28)26-20-12-10-8-6-4-2/h5-32H2,1-4H3;13-18,21-24H,3-12,19-20,25-26H2,1-2H3/q+1;-1. The predicted molar refractivity (Wildman–Crippen MR) is 294 cm³/mol. The Labute approximate surface area is 393 Å². The number of hydrogen-bond donors (Lipinski definition) is 0. The predicted octanol–water partition coefficient (Wildman–Crippen LogP) is 20.4. The van der Waals surface area contributed by atoms with Gasteiger partial charge in [0.2, 0.25) is 0 Å². The minimum atomic E-state index is -0.718. The molecule has 0 heterocycles. The molecule has 0 atom stereocenters. The molecular formula is C60H112BP. The molecule has 0 aliphatic rings. The third-order valence-corrected chi connectivity index (χ3v) is 20.0. The first kappa shape index (κ1) is 59.0. The van der Waals surface area contributed by atoms with E-state index in [1.54, 1.807) is 61.3 Å². The van der Waals surface area contributed by atoms with E-state index in [2.05, 4.69) is 102 Å². The highest BCUT2D eigenvalue weighted by atomic mass is 31.2. The lowest BCUT2D eigenvalue weighted by molar-refractivity contribution is 0.610. The highest BCUT2D eigenvalue weighted by Gasteiger charge is 2.35. The van der Waals surface area contributed by atoms with Crippen LogP contribution in [-0.4, -0.2) is 30.8 Å². The minimum absolute atomic E-state index is 0.660. The lowest BCUT2D eigenvalue weighted by Crippen LogP contribution is -2.58. The molecule has 0 fully saturated rings. The number of rotatable bonds is 44. The normalized spacial score (nSPS) is 11.8. The summed E-state index contributed by atoms with van der Waals surface area (Å²) in [6, 6.07) is 22.9. The third kappa shape index (κ3) is 30.2. The zero-order valence-electron chi connectivity index (χ0n) is 43.5. The third-order valence-electron chi connectivity index (χ3n) is 14.9. The zero-order valence-corrected chi connectivity index (χ0v) is 44.4. The lowest BCUT2D eigenvalue weighted by Gasteiger charge is -2.42. The Bertz CT molecular complexity index is 1020. The van der Waals surface area contributed by atoms with E-state index in [4.69, 9.17) is 0 Å². The Morgan fingerprint density at radius 2 is 0.468 bits per heavy atom. The fourth-order valence-corrected chi connectivity index (χ4v) is 15.7. The Balaban J connectivity index is 0.000000624. The maximum atomic E-state index is 2.40. The van der Waals surface area contributed by atoms with Gasteiger partial charge in [0.15, 0.2) is 0 Å². The average Bonchev–Trinajstić information content (AvgIpc) is 3.30. The Hall–Kier alpha value is -1.07. The van der Waals surface area contributed by atoms with Crippen molar-refractivity contribution in [2.45, 2.75) is 285 Å². The SMILES string of the molecule is CCCCCCCC[B-](CCCCCCCC)(c1ccccc1)c1ccccc1.CCCCCCCC[P+](CCCCCCCC)(CCCCCCCC)CCCCCCCC. The molecule has 0 spiro atoms. The van der Waals surface area contributed by atoms with E-state index >= 15 is 0 Å². The fraction of sp³-hybridized carbons (Fsp3) is 0.800. The molecule has 0 aliphatic carbocycles. The summed E-state index contributed by atoms with van der Waals surface area (Å²) in [4.78, 5) is 0. The Morgan fingerprint density at radius 1 is 0.258 bits per heavy atom. The number of benzene rings is 2. The monoisotopic (exact) mass is 875 g/mol. The Kier molecular flexibility index (Phi) is 41.7. The second kappa shape index (κ2) is 43.8. The van der Waals surface area contributed by atoms with E-state index in [0.29, 0.717) is 0 Å². The van der Waals surface area contributed by atoms with Gasteiger partial charge < -0.3 is 0 Å². The molecular weight excluding hydrogens is 762 g/mol. The minimum Gasteiger partial charge on any atom is -0.205 e. The molecule has 0 saturated carbocycles. The quantitative estimate of drug-likeness (QED) is 0.0353. The molecule has 0 bridgehead atoms. The first-order valence-corrected chi connectivity index (χ1v) is 31.3. The fourth-order valence-electron chi connectivity index (χ4n) is 10.8. The van der Waals surface area contributed by atoms with Crippen LogP contribution in [-0.2, 0) is 0 Å². The van der Waals surface area contributed by atoms with Gasteiger partial charge in [0.25, 0.3) is 0 Å². The summed E-state index contributed by atoms with van der Waals surface area (Å²) in [6.07, 6.45) is 60.8. The summed E-state index contributed by atoms with van der Waals surface area (Å²) in [6.45, 7) is 14.0. The molecule has 0 radical (unpaired) electrons. The molecule has 360 valence electrons. The molecule has 0 aromatic heterocycles. The van der Waals surface area contributed by atoms with E-state index in [1.165, 1.54) is 218 Å². The van der Waals surface area contributed by atoms with Gasteiger partial charge in [0, 0.05) is 7.26 Å². The molecule has 0 saturated heterocycles. The molecule has 0 nitrogen and oxygen atoms in total. The first-order chi connectivity index (χ1) is 30.6. The van der Waals surface area contributed by atoms with Crippen LogP contribution in [0.5, 0.6) is 0 Å². The zero-order chi connectivity index (χ0) is 44.9. The molecule has 2 rings (SSSR count). The van der Waals surface area contributed by atoms with Gasteiger partial charge in [-0.15, -0.1) is 0 Å². The highest BCUT2D eigenvalue weighted by molar-refractivity contribution is 7.75. The molecule has 0 unspecified atom stereocenters. The van der Waals surface area contributed by atoms with Crippen molar-refractivity contribution >= 4 is 24.3 Å². The van der Waals surface area contributed by atoms with Crippen molar-refractivity contribution in [3.05, 3.63) is 60.7 Å². The van der Waals surface area contributed by atoms with Crippen molar-refractivity contribution in [1.29, 1.82) is 0 Å². The van der Waals surface area contributed by atoms with Crippen LogP contribution in [0, 0.1) is 0 Å². The smallest absolute Gasteiger partial charge is 0.0594 e. The molecule has 62 heavy (non-hydrogen) atoms. The van der Waals surface area contributed by atoms with E-state index < -0.39 is 13.4 Å². The van der Waals surface area contributed by atoms with Crippen LogP contribution in [0.1, 0.15) is 273 Å². The second-order valence-electron chi connectivity index (χ2n) is 20.5. The van der Waals surface area contributed by atoms with Crippen LogP contribution in [0.3, 0.4) is 0 Å². The van der Waals surface area contributed by atoms with Gasteiger partial charge in [0.05, 0.1) is 30.8 Å². The van der Waals surface area contributed by atoms with Gasteiger partial charge >= 0.3 is 0 Å². The van der Waals surface area contributed by atoms with Crippen molar-refractivity contribution in [3.8, 4) is 0 Å². The summed E-state index contributed by atoms with van der Waals surface area (Å²) in [7, 11) is -0.718. The van der Waals surface area contributed by atoms with Crippen molar-refractivity contribution < 1.29 is 0 Å². The average molecular weight is 875 g/mol. The summed E-state index contributed by atoms with van der Waals surface area (Å²) in [5, 5.41) is 0. The van der Waals surface area contributed by atoms with E-state index in [1.807, 2.05) is 0 Å². The van der Waals surface area contributed by atoms with Crippen LogP contribution in [0.25, 0.3) is 0 Å². The maximum Gasteiger partial charge on any atom is 0.0594 e. The topological polar surface area (TPSA) is 0 Å². The summed E-state index contributed by atoms with van der Waals surface area (Å²) >= 11 is 0. The number of unbranched alkanes of at least 4 members (excludes halogenated alkanes) is 30. The molecule has 0 N–H and O–H groups in total. The molecule has 2 aromatic carbocycles. The van der Waals surface area contributed by atoms with Crippen LogP contribution in [0.15, 0.2) is 60.7 Å². The first-order valence-electron chi connectivity index (χ1n) is 28.7.